The summed E-state index contributed by atoms with van der Waals surface area (Å²) in [6.07, 6.45) is 0. The van der Waals surface area contributed by atoms with E-state index in [2.05, 4.69) is 34.7 Å². The van der Waals surface area contributed by atoms with Crippen LogP contribution in [-0.4, -0.2) is 18.9 Å². The minimum atomic E-state index is 0.111. The minimum Gasteiger partial charge on any atom is -0.384 e. The molecule has 3 N–H and O–H groups in total. The molecule has 1 saturated heterocycles. The number of nitrogens with zero attached hydrogens (tertiary/aromatic N) is 1. The van der Waals surface area contributed by atoms with E-state index < -0.39 is 0 Å². The van der Waals surface area contributed by atoms with Gasteiger partial charge in [-0.1, -0.05) is 13.8 Å². The van der Waals surface area contributed by atoms with Crippen LogP contribution in [0, 0.1) is 17.2 Å². The quantitative estimate of drug-likeness (QED) is 0.651. The lowest BCUT2D eigenvalue weighted by Crippen LogP contribution is -2.20. The lowest BCUT2D eigenvalue weighted by molar-refractivity contribution is 0.494. The molecular weight excluding hydrogens is 278 g/mol. The van der Waals surface area contributed by atoms with Gasteiger partial charge in [0.1, 0.15) is 5.84 Å². The zero-order valence-corrected chi connectivity index (χ0v) is 11.8. The van der Waals surface area contributed by atoms with Gasteiger partial charge in [0.25, 0.3) is 0 Å². The second kappa shape index (κ2) is 4.69. The van der Waals surface area contributed by atoms with Gasteiger partial charge in [-0.2, -0.15) is 0 Å². The molecule has 1 aliphatic rings. The van der Waals surface area contributed by atoms with E-state index in [1.807, 2.05) is 18.2 Å². The Morgan fingerprint density at radius 2 is 1.94 bits per heavy atom. The van der Waals surface area contributed by atoms with Crippen molar-refractivity contribution in [2.24, 2.45) is 17.6 Å². The number of nitrogen functional groups attached to an aromatic ring is 1. The maximum absolute atomic E-state index is 7.42. The Hall–Kier alpha value is -1.03. The summed E-state index contributed by atoms with van der Waals surface area (Å²) in [6.45, 7) is 6.78. The van der Waals surface area contributed by atoms with E-state index >= 15 is 0 Å². The number of nitrogens with one attached hydrogen (secondary N) is 1. The van der Waals surface area contributed by atoms with E-state index in [4.69, 9.17) is 11.1 Å². The van der Waals surface area contributed by atoms with Gasteiger partial charge in [0.2, 0.25) is 0 Å². The third-order valence-corrected chi connectivity index (χ3v) is 4.22. The first kappa shape index (κ1) is 12.4. The Labute approximate surface area is 111 Å². The second-order valence-corrected chi connectivity index (χ2v) is 5.79. The van der Waals surface area contributed by atoms with Gasteiger partial charge >= 0.3 is 0 Å². The molecule has 3 nitrogen and oxygen atoms in total. The van der Waals surface area contributed by atoms with Crippen molar-refractivity contribution in [2.75, 3.05) is 18.0 Å². The van der Waals surface area contributed by atoms with E-state index in [1.54, 1.807) is 0 Å². The van der Waals surface area contributed by atoms with Crippen molar-refractivity contribution in [2.45, 2.75) is 13.8 Å². The average molecular weight is 296 g/mol. The first-order valence-corrected chi connectivity index (χ1v) is 6.67. The number of hydrogen-bond donors (Lipinski definition) is 2. The number of nitrogens with two attached hydrogens (primary N) is 1. The SMILES string of the molecule is CC1CN(c2ccc(C(=N)N)cc2Br)CC1C. The number of benzene rings is 1. The van der Waals surface area contributed by atoms with E-state index in [9.17, 15) is 0 Å². The Morgan fingerprint density at radius 1 is 1.35 bits per heavy atom. The van der Waals surface area contributed by atoms with Gasteiger partial charge < -0.3 is 10.6 Å². The molecule has 0 spiro atoms. The highest BCUT2D eigenvalue weighted by Crippen LogP contribution is 2.33. The molecule has 2 atom stereocenters. The molecule has 4 heteroatoms. The highest BCUT2D eigenvalue weighted by molar-refractivity contribution is 9.10. The molecule has 2 unspecified atom stereocenters. The number of hydrogen-bond acceptors (Lipinski definition) is 2. The van der Waals surface area contributed by atoms with E-state index in [1.165, 1.54) is 5.69 Å². The van der Waals surface area contributed by atoms with Crippen LogP contribution in [0.2, 0.25) is 0 Å². The Balaban J connectivity index is 2.26. The number of rotatable bonds is 2. The van der Waals surface area contributed by atoms with Crippen LogP contribution in [0.15, 0.2) is 22.7 Å². The van der Waals surface area contributed by atoms with Crippen LogP contribution < -0.4 is 10.6 Å². The van der Waals surface area contributed by atoms with Crippen molar-refractivity contribution >= 4 is 27.5 Å². The van der Waals surface area contributed by atoms with Crippen LogP contribution in [0.1, 0.15) is 19.4 Å². The average Bonchev–Trinajstić information content (AvgIpc) is 2.58. The van der Waals surface area contributed by atoms with Crippen molar-refractivity contribution < 1.29 is 0 Å². The van der Waals surface area contributed by atoms with Crippen molar-refractivity contribution in [3.05, 3.63) is 28.2 Å². The van der Waals surface area contributed by atoms with Crippen molar-refractivity contribution in [1.82, 2.24) is 0 Å². The highest BCUT2D eigenvalue weighted by Gasteiger charge is 2.27. The van der Waals surface area contributed by atoms with Gasteiger partial charge in [0, 0.05) is 23.1 Å². The number of halogens is 1. The summed E-state index contributed by atoms with van der Waals surface area (Å²) in [7, 11) is 0. The van der Waals surface area contributed by atoms with Gasteiger partial charge in [-0.15, -0.1) is 0 Å². The molecule has 0 bridgehead atoms. The minimum absolute atomic E-state index is 0.111. The molecule has 0 aromatic heterocycles. The first-order chi connectivity index (χ1) is 7.99. The van der Waals surface area contributed by atoms with Gasteiger partial charge in [-0.3, -0.25) is 5.41 Å². The van der Waals surface area contributed by atoms with Gasteiger partial charge in [0.05, 0.1) is 5.69 Å². The van der Waals surface area contributed by atoms with Crippen LogP contribution in [-0.2, 0) is 0 Å². The Morgan fingerprint density at radius 3 is 2.41 bits per heavy atom. The molecule has 0 amide bonds. The lowest BCUT2D eigenvalue weighted by atomic mass is 10.0. The van der Waals surface area contributed by atoms with Crippen LogP contribution in [0.4, 0.5) is 5.69 Å². The fourth-order valence-corrected chi connectivity index (χ4v) is 2.89. The predicted octanol–water partition coefficient (Wildman–Crippen LogP) is 2.83. The summed E-state index contributed by atoms with van der Waals surface area (Å²) >= 11 is 3.57. The molecule has 17 heavy (non-hydrogen) atoms. The van der Waals surface area contributed by atoms with Gasteiger partial charge in [0.15, 0.2) is 0 Å². The normalized spacial score (nSPS) is 24.1. The molecule has 1 heterocycles. The third kappa shape index (κ3) is 2.46. The Bertz CT molecular complexity index is 434. The fraction of sp³-hybridized carbons (Fsp3) is 0.462. The third-order valence-electron chi connectivity index (χ3n) is 3.59. The van der Waals surface area contributed by atoms with E-state index in [0.717, 1.165) is 35.0 Å². The molecule has 1 aromatic rings. The maximum Gasteiger partial charge on any atom is 0.122 e. The van der Waals surface area contributed by atoms with Gasteiger partial charge in [-0.25, -0.2) is 0 Å². The summed E-state index contributed by atoms with van der Waals surface area (Å²) < 4.78 is 1.02. The summed E-state index contributed by atoms with van der Waals surface area (Å²) in [5.41, 5.74) is 7.44. The molecule has 1 aliphatic heterocycles. The molecule has 92 valence electrons. The largest absolute Gasteiger partial charge is 0.384 e. The zero-order valence-electron chi connectivity index (χ0n) is 10.2. The molecule has 2 rings (SSSR count). The summed E-state index contributed by atoms with van der Waals surface area (Å²) in [5.74, 6) is 1.57. The topological polar surface area (TPSA) is 53.1 Å². The fourth-order valence-electron chi connectivity index (χ4n) is 2.26. The van der Waals surface area contributed by atoms with E-state index in [-0.39, 0.29) is 5.84 Å². The second-order valence-electron chi connectivity index (χ2n) is 4.94. The molecule has 0 radical (unpaired) electrons. The first-order valence-electron chi connectivity index (χ1n) is 5.88. The van der Waals surface area contributed by atoms with Gasteiger partial charge in [-0.05, 0) is 46.0 Å². The predicted molar refractivity (Wildman–Crippen MR) is 75.7 cm³/mol. The molecule has 0 aliphatic carbocycles. The molecule has 0 saturated carbocycles. The highest BCUT2D eigenvalue weighted by atomic mass is 79.9. The maximum atomic E-state index is 7.42. The van der Waals surface area contributed by atoms with Crippen LogP contribution >= 0.6 is 15.9 Å². The van der Waals surface area contributed by atoms with Crippen molar-refractivity contribution in [3.8, 4) is 0 Å². The smallest absolute Gasteiger partial charge is 0.122 e. The molecule has 1 fully saturated rings. The summed E-state index contributed by atoms with van der Waals surface area (Å²) in [6, 6.07) is 5.88. The van der Waals surface area contributed by atoms with E-state index in [0.29, 0.717) is 0 Å². The molecular formula is C13H18BrN3. The van der Waals surface area contributed by atoms with Crippen LogP contribution in [0.25, 0.3) is 0 Å². The Kier molecular flexibility index (Phi) is 3.43. The van der Waals surface area contributed by atoms with Crippen molar-refractivity contribution in [1.29, 1.82) is 5.41 Å². The lowest BCUT2D eigenvalue weighted by Gasteiger charge is -2.20. The zero-order chi connectivity index (χ0) is 12.6. The monoisotopic (exact) mass is 295 g/mol. The van der Waals surface area contributed by atoms with Crippen molar-refractivity contribution in [3.63, 3.8) is 0 Å². The standard InChI is InChI=1S/C13H18BrN3/c1-8-6-17(7-9(8)2)12-4-3-10(13(15)16)5-11(12)14/h3-5,8-9H,6-7H2,1-2H3,(H3,15,16). The van der Waals surface area contributed by atoms with Crippen LogP contribution in [0.5, 0.6) is 0 Å². The summed E-state index contributed by atoms with van der Waals surface area (Å²) in [4.78, 5) is 2.39. The number of amidine groups is 1. The summed E-state index contributed by atoms with van der Waals surface area (Å²) in [5, 5.41) is 7.42. The molecule has 1 aromatic carbocycles. The van der Waals surface area contributed by atoms with Crippen LogP contribution in [0.3, 0.4) is 0 Å². The number of anilines is 1.